The Morgan fingerprint density at radius 3 is 2.73 bits per heavy atom. The molecule has 0 spiro atoms. The SMILES string of the molecule is C=Cc1cc(C(N)C2CCC2)ccc1C. The van der Waals surface area contributed by atoms with Crippen LogP contribution in [0.15, 0.2) is 24.8 Å². The van der Waals surface area contributed by atoms with Gasteiger partial charge in [0.1, 0.15) is 0 Å². The molecule has 1 aromatic rings. The third-order valence-corrected chi connectivity index (χ3v) is 3.57. The van der Waals surface area contributed by atoms with E-state index in [1.165, 1.54) is 36.0 Å². The fraction of sp³-hybridized carbons (Fsp3) is 0.429. The molecule has 1 heteroatoms. The molecule has 2 rings (SSSR count). The number of hydrogen-bond donors (Lipinski definition) is 1. The third kappa shape index (κ3) is 1.98. The first kappa shape index (κ1) is 10.4. The average Bonchev–Trinajstić information content (AvgIpc) is 2.15. The second-order valence-electron chi connectivity index (χ2n) is 4.54. The lowest BCUT2D eigenvalue weighted by molar-refractivity contribution is 0.264. The lowest BCUT2D eigenvalue weighted by atomic mass is 9.77. The highest BCUT2D eigenvalue weighted by Crippen LogP contribution is 2.36. The van der Waals surface area contributed by atoms with Gasteiger partial charge in [-0.2, -0.15) is 0 Å². The predicted molar refractivity (Wildman–Crippen MR) is 65.5 cm³/mol. The standard InChI is InChI=1S/C14H19N/c1-3-11-9-13(8-7-10(11)2)14(15)12-5-4-6-12/h3,7-9,12,14H,1,4-6,15H2,2H3. The maximum Gasteiger partial charge on any atom is 0.0323 e. The van der Waals surface area contributed by atoms with Crippen LogP contribution in [0.3, 0.4) is 0 Å². The lowest BCUT2D eigenvalue weighted by Crippen LogP contribution is -2.26. The van der Waals surface area contributed by atoms with Crippen LogP contribution in [0.2, 0.25) is 0 Å². The summed E-state index contributed by atoms with van der Waals surface area (Å²) in [6.45, 7) is 5.94. The summed E-state index contributed by atoms with van der Waals surface area (Å²) >= 11 is 0. The van der Waals surface area contributed by atoms with E-state index in [9.17, 15) is 0 Å². The lowest BCUT2D eigenvalue weighted by Gasteiger charge is -2.31. The van der Waals surface area contributed by atoms with Gasteiger partial charge in [0.25, 0.3) is 0 Å². The van der Waals surface area contributed by atoms with Crippen molar-refractivity contribution in [1.29, 1.82) is 0 Å². The molecule has 1 nitrogen and oxygen atoms in total. The average molecular weight is 201 g/mol. The molecular formula is C14H19N. The maximum absolute atomic E-state index is 6.24. The van der Waals surface area contributed by atoms with Crippen molar-refractivity contribution in [2.24, 2.45) is 11.7 Å². The summed E-state index contributed by atoms with van der Waals surface area (Å²) in [5, 5.41) is 0. The van der Waals surface area contributed by atoms with Gasteiger partial charge in [-0.1, -0.05) is 31.2 Å². The van der Waals surface area contributed by atoms with Gasteiger partial charge in [0, 0.05) is 6.04 Å². The molecule has 2 N–H and O–H groups in total. The van der Waals surface area contributed by atoms with Crippen molar-refractivity contribution in [1.82, 2.24) is 0 Å². The van der Waals surface area contributed by atoms with Gasteiger partial charge in [-0.25, -0.2) is 0 Å². The van der Waals surface area contributed by atoms with Crippen LogP contribution in [0.5, 0.6) is 0 Å². The zero-order valence-corrected chi connectivity index (χ0v) is 9.37. The summed E-state index contributed by atoms with van der Waals surface area (Å²) in [6, 6.07) is 6.71. The van der Waals surface area contributed by atoms with Gasteiger partial charge in [0.05, 0.1) is 0 Å². The van der Waals surface area contributed by atoms with E-state index in [-0.39, 0.29) is 6.04 Å². The minimum atomic E-state index is 0.220. The number of benzene rings is 1. The van der Waals surface area contributed by atoms with Gasteiger partial charge in [-0.15, -0.1) is 0 Å². The molecule has 15 heavy (non-hydrogen) atoms. The molecule has 1 aliphatic carbocycles. The molecule has 0 saturated heterocycles. The fourth-order valence-corrected chi connectivity index (χ4v) is 2.16. The molecule has 1 aromatic carbocycles. The maximum atomic E-state index is 6.24. The van der Waals surface area contributed by atoms with Crippen molar-refractivity contribution in [3.63, 3.8) is 0 Å². The van der Waals surface area contributed by atoms with E-state index in [0.717, 1.165) is 0 Å². The first-order chi connectivity index (χ1) is 7.22. The van der Waals surface area contributed by atoms with Crippen LogP contribution >= 0.6 is 0 Å². The zero-order chi connectivity index (χ0) is 10.8. The third-order valence-electron chi connectivity index (χ3n) is 3.57. The Morgan fingerprint density at radius 2 is 2.20 bits per heavy atom. The van der Waals surface area contributed by atoms with Crippen LogP contribution in [-0.4, -0.2) is 0 Å². The van der Waals surface area contributed by atoms with Crippen LogP contribution < -0.4 is 5.73 Å². The largest absolute Gasteiger partial charge is 0.324 e. The van der Waals surface area contributed by atoms with Crippen LogP contribution in [-0.2, 0) is 0 Å². The molecule has 0 radical (unpaired) electrons. The summed E-state index contributed by atoms with van der Waals surface area (Å²) in [5.74, 6) is 0.699. The van der Waals surface area contributed by atoms with Crippen molar-refractivity contribution in [3.8, 4) is 0 Å². The molecule has 1 unspecified atom stereocenters. The summed E-state index contributed by atoms with van der Waals surface area (Å²) in [6.07, 6.45) is 5.84. The Bertz CT molecular complexity index is 364. The molecular weight excluding hydrogens is 182 g/mol. The first-order valence-electron chi connectivity index (χ1n) is 5.71. The Balaban J connectivity index is 2.23. The summed E-state index contributed by atoms with van der Waals surface area (Å²) in [5.41, 5.74) is 9.99. The molecule has 0 heterocycles. The zero-order valence-electron chi connectivity index (χ0n) is 9.37. The van der Waals surface area contributed by atoms with E-state index in [4.69, 9.17) is 5.73 Å². The number of aryl methyl sites for hydroxylation is 1. The Labute approximate surface area is 92.0 Å². The molecule has 0 aliphatic heterocycles. The second kappa shape index (κ2) is 4.19. The minimum Gasteiger partial charge on any atom is -0.324 e. The Hall–Kier alpha value is -1.08. The van der Waals surface area contributed by atoms with E-state index in [1.807, 2.05) is 6.08 Å². The monoisotopic (exact) mass is 201 g/mol. The van der Waals surface area contributed by atoms with Crippen molar-refractivity contribution in [3.05, 3.63) is 41.5 Å². The highest BCUT2D eigenvalue weighted by atomic mass is 14.7. The normalized spacial score (nSPS) is 18.3. The predicted octanol–water partition coefficient (Wildman–Crippen LogP) is 3.44. The molecule has 1 aliphatic rings. The second-order valence-corrected chi connectivity index (χ2v) is 4.54. The van der Waals surface area contributed by atoms with Gasteiger partial charge >= 0.3 is 0 Å². The van der Waals surface area contributed by atoms with E-state index in [1.54, 1.807) is 0 Å². The molecule has 80 valence electrons. The van der Waals surface area contributed by atoms with Crippen molar-refractivity contribution in [2.45, 2.75) is 32.2 Å². The van der Waals surface area contributed by atoms with Crippen LogP contribution in [0, 0.1) is 12.8 Å². The number of hydrogen-bond acceptors (Lipinski definition) is 1. The number of rotatable bonds is 3. The molecule has 0 aromatic heterocycles. The highest BCUT2D eigenvalue weighted by molar-refractivity contribution is 5.53. The quantitative estimate of drug-likeness (QED) is 0.796. The molecule has 1 saturated carbocycles. The van der Waals surface area contributed by atoms with Gasteiger partial charge in [0.2, 0.25) is 0 Å². The van der Waals surface area contributed by atoms with E-state index >= 15 is 0 Å². The summed E-state index contributed by atoms with van der Waals surface area (Å²) in [7, 11) is 0. The molecule has 1 atom stereocenters. The van der Waals surface area contributed by atoms with E-state index < -0.39 is 0 Å². The smallest absolute Gasteiger partial charge is 0.0323 e. The van der Waals surface area contributed by atoms with Gasteiger partial charge in [0.15, 0.2) is 0 Å². The van der Waals surface area contributed by atoms with Gasteiger partial charge in [-0.3, -0.25) is 0 Å². The van der Waals surface area contributed by atoms with Crippen molar-refractivity contribution in [2.75, 3.05) is 0 Å². The number of nitrogens with two attached hydrogens (primary N) is 1. The molecule has 0 amide bonds. The van der Waals surface area contributed by atoms with Crippen LogP contribution in [0.25, 0.3) is 6.08 Å². The Morgan fingerprint density at radius 1 is 1.47 bits per heavy atom. The molecule has 0 bridgehead atoms. The minimum absolute atomic E-state index is 0.220. The van der Waals surface area contributed by atoms with Crippen LogP contribution in [0.1, 0.15) is 42.0 Å². The first-order valence-corrected chi connectivity index (χ1v) is 5.71. The summed E-state index contributed by atoms with van der Waals surface area (Å²) < 4.78 is 0. The van der Waals surface area contributed by atoms with Gasteiger partial charge < -0.3 is 5.73 Å². The van der Waals surface area contributed by atoms with Crippen LogP contribution in [0.4, 0.5) is 0 Å². The van der Waals surface area contributed by atoms with E-state index in [2.05, 4.69) is 31.7 Å². The van der Waals surface area contributed by atoms with Crippen molar-refractivity contribution >= 4 is 6.08 Å². The topological polar surface area (TPSA) is 26.0 Å². The molecule has 1 fully saturated rings. The van der Waals surface area contributed by atoms with Gasteiger partial charge in [-0.05, 0) is 48.4 Å². The Kier molecular flexibility index (Phi) is 2.92. The summed E-state index contributed by atoms with van der Waals surface area (Å²) in [4.78, 5) is 0. The van der Waals surface area contributed by atoms with E-state index in [0.29, 0.717) is 5.92 Å². The fourth-order valence-electron chi connectivity index (χ4n) is 2.16. The highest BCUT2D eigenvalue weighted by Gasteiger charge is 2.25. The van der Waals surface area contributed by atoms with Crippen molar-refractivity contribution < 1.29 is 0 Å².